The molecule has 10 nitrogen and oxygen atoms in total. The van der Waals surface area contributed by atoms with Gasteiger partial charge in [-0.05, 0) is 43.3 Å². The number of halogens is 2. The van der Waals surface area contributed by atoms with Gasteiger partial charge in [0, 0.05) is 41.9 Å². The van der Waals surface area contributed by atoms with E-state index in [2.05, 4.69) is 25.7 Å². The van der Waals surface area contributed by atoms with E-state index in [0.717, 1.165) is 0 Å². The van der Waals surface area contributed by atoms with Gasteiger partial charge in [-0.2, -0.15) is 5.10 Å². The zero-order valence-electron chi connectivity index (χ0n) is 19.1. The molecule has 0 aliphatic heterocycles. The third-order valence-corrected chi connectivity index (χ3v) is 5.80. The van der Waals surface area contributed by atoms with Crippen LogP contribution in [0.15, 0.2) is 67.4 Å². The molecule has 0 saturated carbocycles. The molecule has 3 atom stereocenters. The molecule has 0 unspecified atom stereocenters. The standard InChI is InChI=1S/C24H23ClFN7O3/c1-24(36,13-30-17-6-4-14(5-7-17)21(27)34)20(26)19(32-23(35)15-3-2-8-28-9-15)18-11-31-33-12-16(25)10-29-22(18)33/h2-12,19-20,30,36H,13H2,1H3,(H2,27,34)(H,32,35)/t19-,20-,24-/m1/s1. The number of nitrogens with one attached hydrogen (secondary N) is 2. The van der Waals surface area contributed by atoms with E-state index in [4.69, 9.17) is 17.3 Å². The molecule has 3 aromatic heterocycles. The first-order valence-corrected chi connectivity index (χ1v) is 11.2. The number of aromatic nitrogens is 4. The number of hydrogen-bond donors (Lipinski definition) is 4. The summed E-state index contributed by atoms with van der Waals surface area (Å²) in [7, 11) is 0. The average Bonchev–Trinajstić information content (AvgIpc) is 3.29. The summed E-state index contributed by atoms with van der Waals surface area (Å²) in [5, 5.41) is 21.2. The van der Waals surface area contributed by atoms with Crippen molar-refractivity contribution in [2.24, 2.45) is 5.73 Å². The molecule has 4 rings (SSSR count). The van der Waals surface area contributed by atoms with Gasteiger partial charge in [-0.15, -0.1) is 0 Å². The van der Waals surface area contributed by atoms with Gasteiger partial charge in [-0.3, -0.25) is 14.6 Å². The van der Waals surface area contributed by atoms with E-state index in [1.54, 1.807) is 18.2 Å². The van der Waals surface area contributed by atoms with Crippen molar-refractivity contribution < 1.29 is 19.1 Å². The molecule has 0 saturated heterocycles. The van der Waals surface area contributed by atoms with Crippen LogP contribution in [0.4, 0.5) is 10.1 Å². The van der Waals surface area contributed by atoms with Crippen LogP contribution >= 0.6 is 11.6 Å². The van der Waals surface area contributed by atoms with E-state index in [9.17, 15) is 14.7 Å². The Bertz CT molecular complexity index is 1380. The van der Waals surface area contributed by atoms with E-state index >= 15 is 4.39 Å². The van der Waals surface area contributed by atoms with Crippen LogP contribution in [0.2, 0.25) is 5.02 Å². The summed E-state index contributed by atoms with van der Waals surface area (Å²) in [5.41, 5.74) is 4.88. The molecule has 3 heterocycles. The van der Waals surface area contributed by atoms with Gasteiger partial charge in [0.1, 0.15) is 5.60 Å². The van der Waals surface area contributed by atoms with Crippen molar-refractivity contribution in [2.45, 2.75) is 24.7 Å². The Hall–Kier alpha value is -4.09. The second kappa shape index (κ2) is 10.3. The number of nitrogens with two attached hydrogens (primary N) is 1. The molecule has 0 fully saturated rings. The van der Waals surface area contributed by atoms with Crippen LogP contribution in [-0.2, 0) is 0 Å². The van der Waals surface area contributed by atoms with Crippen LogP contribution in [-0.4, -0.2) is 54.8 Å². The first-order valence-electron chi connectivity index (χ1n) is 10.9. The quantitative estimate of drug-likeness (QED) is 0.270. The minimum atomic E-state index is -2.00. The van der Waals surface area contributed by atoms with Crippen molar-refractivity contribution in [3.05, 3.63) is 89.1 Å². The number of benzene rings is 1. The summed E-state index contributed by atoms with van der Waals surface area (Å²) in [6, 6.07) is 8.00. The number of anilines is 1. The SMILES string of the molecule is C[C@@](O)(CNc1ccc(C(N)=O)cc1)[C@H](F)[C@H](NC(=O)c1cccnc1)c1cnn2cc(Cl)cnc12. The Morgan fingerprint density at radius 3 is 2.61 bits per heavy atom. The molecule has 0 aliphatic carbocycles. The molecule has 0 spiro atoms. The van der Waals surface area contributed by atoms with E-state index in [1.165, 1.54) is 60.6 Å². The fourth-order valence-corrected chi connectivity index (χ4v) is 3.75. The number of primary amides is 1. The van der Waals surface area contributed by atoms with Crippen molar-refractivity contribution in [2.75, 3.05) is 11.9 Å². The van der Waals surface area contributed by atoms with Crippen molar-refractivity contribution in [1.29, 1.82) is 0 Å². The maximum absolute atomic E-state index is 16.1. The third-order valence-electron chi connectivity index (χ3n) is 5.60. The summed E-state index contributed by atoms with van der Waals surface area (Å²) in [5.74, 6) is -1.16. The topological polar surface area (TPSA) is 148 Å². The van der Waals surface area contributed by atoms with Gasteiger partial charge in [0.05, 0.1) is 29.0 Å². The Morgan fingerprint density at radius 2 is 1.94 bits per heavy atom. The lowest BCUT2D eigenvalue weighted by Gasteiger charge is -2.33. The lowest BCUT2D eigenvalue weighted by molar-refractivity contribution is -0.0242. The second-order valence-corrected chi connectivity index (χ2v) is 8.82. The Labute approximate surface area is 210 Å². The number of carbonyl (C=O) groups excluding carboxylic acids is 2. The molecule has 186 valence electrons. The number of rotatable bonds is 9. The van der Waals surface area contributed by atoms with Crippen molar-refractivity contribution in [3.8, 4) is 0 Å². The van der Waals surface area contributed by atoms with Crippen LogP contribution in [0.1, 0.15) is 39.2 Å². The summed E-state index contributed by atoms with van der Waals surface area (Å²) in [6.45, 7) is 1.09. The van der Waals surface area contributed by atoms with Crippen molar-refractivity contribution in [3.63, 3.8) is 0 Å². The number of nitrogens with zero attached hydrogens (tertiary/aromatic N) is 4. The Kier molecular flexibility index (Phi) is 7.13. The number of carbonyl (C=O) groups is 2. The van der Waals surface area contributed by atoms with Gasteiger partial charge in [-0.1, -0.05) is 11.6 Å². The number of alkyl halides is 1. The highest BCUT2D eigenvalue weighted by molar-refractivity contribution is 6.30. The summed E-state index contributed by atoms with van der Waals surface area (Å²) >= 11 is 5.99. The number of aliphatic hydroxyl groups is 1. The number of hydrogen-bond acceptors (Lipinski definition) is 7. The highest BCUT2D eigenvalue weighted by Crippen LogP contribution is 2.31. The van der Waals surface area contributed by atoms with Gasteiger partial charge in [0.15, 0.2) is 11.8 Å². The number of amides is 2. The highest BCUT2D eigenvalue weighted by atomic mass is 35.5. The zero-order valence-corrected chi connectivity index (χ0v) is 19.9. The monoisotopic (exact) mass is 511 g/mol. The molecule has 0 bridgehead atoms. The van der Waals surface area contributed by atoms with Crippen LogP contribution < -0.4 is 16.4 Å². The summed E-state index contributed by atoms with van der Waals surface area (Å²) < 4.78 is 17.5. The molecule has 1 aromatic carbocycles. The summed E-state index contributed by atoms with van der Waals surface area (Å²) in [4.78, 5) is 32.3. The molecule has 2 amide bonds. The maximum atomic E-state index is 16.1. The largest absolute Gasteiger partial charge is 0.385 e. The van der Waals surface area contributed by atoms with Gasteiger partial charge in [0.25, 0.3) is 5.91 Å². The van der Waals surface area contributed by atoms with Gasteiger partial charge >= 0.3 is 0 Å². The molecule has 36 heavy (non-hydrogen) atoms. The average molecular weight is 512 g/mol. The molecule has 12 heteroatoms. The fraction of sp³-hybridized carbons (Fsp3) is 0.208. The van der Waals surface area contributed by atoms with Gasteiger partial charge in [-0.25, -0.2) is 13.9 Å². The van der Waals surface area contributed by atoms with E-state index in [-0.39, 0.29) is 23.3 Å². The van der Waals surface area contributed by atoms with Crippen molar-refractivity contribution in [1.82, 2.24) is 24.9 Å². The molecular formula is C24H23ClFN7O3. The van der Waals surface area contributed by atoms with Gasteiger partial charge < -0.3 is 21.5 Å². The summed E-state index contributed by atoms with van der Waals surface area (Å²) in [6.07, 6.45) is 5.11. The fourth-order valence-electron chi connectivity index (χ4n) is 3.61. The predicted octanol–water partition coefficient (Wildman–Crippen LogP) is 2.55. The van der Waals surface area contributed by atoms with Crippen LogP contribution in [0.5, 0.6) is 0 Å². The zero-order chi connectivity index (χ0) is 25.9. The normalized spacial score (nSPS) is 14.6. The lowest BCUT2D eigenvalue weighted by atomic mass is 9.90. The van der Waals surface area contributed by atoms with E-state index < -0.39 is 29.6 Å². The minimum Gasteiger partial charge on any atom is -0.385 e. The van der Waals surface area contributed by atoms with E-state index in [1.807, 2.05) is 0 Å². The number of pyridine rings is 1. The van der Waals surface area contributed by atoms with Crippen LogP contribution in [0.3, 0.4) is 0 Å². The Morgan fingerprint density at radius 1 is 1.19 bits per heavy atom. The van der Waals surface area contributed by atoms with Crippen molar-refractivity contribution >= 4 is 34.7 Å². The minimum absolute atomic E-state index is 0.217. The Balaban J connectivity index is 1.61. The number of fused-ring (bicyclic) bond motifs is 1. The van der Waals surface area contributed by atoms with Gasteiger partial charge in [0.2, 0.25) is 5.91 Å². The second-order valence-electron chi connectivity index (χ2n) is 8.39. The van der Waals surface area contributed by atoms with Crippen LogP contribution in [0, 0.1) is 0 Å². The van der Waals surface area contributed by atoms with Crippen LogP contribution in [0.25, 0.3) is 5.65 Å². The molecule has 0 radical (unpaired) electrons. The first kappa shape index (κ1) is 25.0. The molecule has 0 aliphatic rings. The predicted molar refractivity (Wildman–Crippen MR) is 131 cm³/mol. The highest BCUT2D eigenvalue weighted by Gasteiger charge is 2.41. The molecule has 5 N–H and O–H groups in total. The maximum Gasteiger partial charge on any atom is 0.253 e. The first-order chi connectivity index (χ1) is 17.2. The molecular weight excluding hydrogens is 489 g/mol. The van der Waals surface area contributed by atoms with E-state index in [0.29, 0.717) is 16.3 Å². The molecule has 4 aromatic rings. The third kappa shape index (κ3) is 5.42. The smallest absolute Gasteiger partial charge is 0.253 e. The lowest BCUT2D eigenvalue weighted by Crippen LogP contribution is -2.50.